The first-order chi connectivity index (χ1) is 14.8. The largest absolute Gasteiger partial charge is 0.507 e. The number of carbonyl (C=O) groups is 2. The Labute approximate surface area is 192 Å². The molecule has 7 heteroatoms. The second-order valence-corrected chi connectivity index (χ2v) is 8.63. The van der Waals surface area contributed by atoms with Crippen LogP contribution in [-0.4, -0.2) is 42.3 Å². The summed E-state index contributed by atoms with van der Waals surface area (Å²) in [6.07, 6.45) is 2.72. The first-order valence-corrected chi connectivity index (χ1v) is 11.0. The molecule has 0 aromatic heterocycles. The van der Waals surface area contributed by atoms with Crippen LogP contribution in [0.1, 0.15) is 43.4 Å². The average Bonchev–Trinajstić information content (AvgIpc) is 3.00. The van der Waals surface area contributed by atoms with Gasteiger partial charge in [0.1, 0.15) is 5.76 Å². The first kappa shape index (κ1) is 23.2. The maximum Gasteiger partial charge on any atom is 0.295 e. The third-order valence-electron chi connectivity index (χ3n) is 5.46. The number of hydrogen-bond donors (Lipinski definition) is 1. The molecular formula is C24H26Cl2N2O3. The second-order valence-electron chi connectivity index (χ2n) is 7.81. The van der Waals surface area contributed by atoms with Crippen molar-refractivity contribution in [2.75, 3.05) is 25.5 Å². The fourth-order valence-corrected chi connectivity index (χ4v) is 4.04. The van der Waals surface area contributed by atoms with Crippen LogP contribution in [0.25, 0.3) is 5.76 Å². The number of amides is 1. The Morgan fingerprint density at radius 3 is 2.29 bits per heavy atom. The molecule has 0 radical (unpaired) electrons. The van der Waals surface area contributed by atoms with Gasteiger partial charge in [0.2, 0.25) is 0 Å². The van der Waals surface area contributed by atoms with Crippen molar-refractivity contribution in [1.29, 1.82) is 0 Å². The summed E-state index contributed by atoms with van der Waals surface area (Å²) >= 11 is 12.1. The molecule has 1 saturated heterocycles. The van der Waals surface area contributed by atoms with E-state index in [-0.39, 0.29) is 16.4 Å². The molecule has 2 aromatic carbocycles. The summed E-state index contributed by atoms with van der Waals surface area (Å²) in [4.78, 5) is 29.4. The molecule has 31 heavy (non-hydrogen) atoms. The van der Waals surface area contributed by atoms with Gasteiger partial charge in [-0.25, -0.2) is 0 Å². The van der Waals surface area contributed by atoms with Crippen LogP contribution in [0.4, 0.5) is 5.69 Å². The van der Waals surface area contributed by atoms with Gasteiger partial charge in [0, 0.05) is 31.9 Å². The molecular weight excluding hydrogens is 435 g/mol. The minimum absolute atomic E-state index is 0.0671. The Morgan fingerprint density at radius 1 is 1.03 bits per heavy atom. The maximum atomic E-state index is 13.0. The third-order valence-corrected chi connectivity index (χ3v) is 6.20. The van der Waals surface area contributed by atoms with Crippen LogP contribution >= 0.6 is 23.2 Å². The second kappa shape index (κ2) is 9.75. The molecule has 0 spiro atoms. The van der Waals surface area contributed by atoms with Gasteiger partial charge in [0.15, 0.2) is 0 Å². The summed E-state index contributed by atoms with van der Waals surface area (Å²) in [5.74, 6) is -1.54. The number of ketones is 1. The fraction of sp³-hybridized carbons (Fsp3) is 0.333. The van der Waals surface area contributed by atoms with Crippen molar-refractivity contribution < 1.29 is 14.7 Å². The number of nitrogens with zero attached hydrogens (tertiary/aromatic N) is 2. The lowest BCUT2D eigenvalue weighted by molar-refractivity contribution is -0.139. The lowest BCUT2D eigenvalue weighted by Crippen LogP contribution is -2.30. The first-order valence-electron chi connectivity index (χ1n) is 10.3. The Kier molecular flexibility index (Phi) is 7.29. The van der Waals surface area contributed by atoms with Crippen molar-refractivity contribution >= 4 is 46.3 Å². The summed E-state index contributed by atoms with van der Waals surface area (Å²) in [6, 6.07) is 11.6. The molecule has 0 bridgehead atoms. The Balaban J connectivity index is 2.12. The van der Waals surface area contributed by atoms with Crippen molar-refractivity contribution in [2.45, 2.75) is 32.2 Å². The van der Waals surface area contributed by atoms with Crippen LogP contribution in [0.15, 0.2) is 48.0 Å². The topological polar surface area (TPSA) is 60.9 Å². The van der Waals surface area contributed by atoms with Gasteiger partial charge < -0.3 is 14.9 Å². The molecule has 1 amide bonds. The molecule has 1 fully saturated rings. The number of rotatable bonds is 7. The summed E-state index contributed by atoms with van der Waals surface area (Å²) in [5, 5.41) is 11.7. The number of carbonyl (C=O) groups excluding carboxylic acids is 2. The molecule has 1 unspecified atom stereocenters. The summed E-state index contributed by atoms with van der Waals surface area (Å²) in [5.41, 5.74) is 2.17. The summed E-state index contributed by atoms with van der Waals surface area (Å²) < 4.78 is 0. The minimum Gasteiger partial charge on any atom is -0.507 e. The van der Waals surface area contributed by atoms with Crippen molar-refractivity contribution in [1.82, 2.24) is 4.90 Å². The van der Waals surface area contributed by atoms with Gasteiger partial charge in [-0.15, -0.1) is 0 Å². The van der Waals surface area contributed by atoms with Gasteiger partial charge in [-0.1, -0.05) is 55.1 Å². The van der Waals surface area contributed by atoms with E-state index in [0.29, 0.717) is 17.1 Å². The highest BCUT2D eigenvalue weighted by Gasteiger charge is 2.45. The van der Waals surface area contributed by atoms with Crippen molar-refractivity contribution in [2.24, 2.45) is 0 Å². The predicted molar refractivity (Wildman–Crippen MR) is 126 cm³/mol. The number of Topliss-reactive ketones (excluding diaryl/α,β-unsaturated/α-hetero) is 1. The quantitative estimate of drug-likeness (QED) is 0.250. The van der Waals surface area contributed by atoms with E-state index >= 15 is 0 Å². The smallest absolute Gasteiger partial charge is 0.295 e. The predicted octanol–water partition coefficient (Wildman–Crippen LogP) is 5.67. The normalized spacial score (nSPS) is 18.0. The number of anilines is 1. The highest BCUT2D eigenvalue weighted by molar-refractivity contribution is 6.46. The standard InChI is InChI=1S/C24H26Cl2N2O3/c1-4-5-6-13-28-21(15-7-10-17(11-8-15)27(2)3)20(23(30)24(28)31)22(29)16-9-12-18(25)19(26)14-16/h7-12,14,21,29H,4-6,13H2,1-3H3/b22-20-. The third kappa shape index (κ3) is 4.73. The highest BCUT2D eigenvalue weighted by atomic mass is 35.5. The van der Waals surface area contributed by atoms with E-state index < -0.39 is 17.7 Å². The van der Waals surface area contributed by atoms with Gasteiger partial charge in [-0.3, -0.25) is 9.59 Å². The monoisotopic (exact) mass is 460 g/mol. The van der Waals surface area contributed by atoms with Crippen LogP contribution in [0.5, 0.6) is 0 Å². The molecule has 1 heterocycles. The number of aliphatic hydroxyl groups is 1. The highest BCUT2D eigenvalue weighted by Crippen LogP contribution is 2.40. The van der Waals surface area contributed by atoms with E-state index in [1.54, 1.807) is 17.0 Å². The fourth-order valence-electron chi connectivity index (χ4n) is 3.74. The summed E-state index contributed by atoms with van der Waals surface area (Å²) in [6.45, 7) is 2.52. The molecule has 0 saturated carbocycles. The Bertz CT molecular complexity index is 1020. The SMILES string of the molecule is CCCCCN1C(=O)C(=O)/C(=C(\O)c2ccc(Cl)c(Cl)c2)C1c1ccc(N(C)C)cc1. The van der Waals surface area contributed by atoms with Gasteiger partial charge in [-0.2, -0.15) is 0 Å². The Hall–Kier alpha value is -2.50. The van der Waals surface area contributed by atoms with Crippen molar-refractivity contribution in [3.05, 3.63) is 69.2 Å². The van der Waals surface area contributed by atoms with Crippen LogP contribution in [0.3, 0.4) is 0 Å². The van der Waals surface area contributed by atoms with E-state index in [0.717, 1.165) is 30.5 Å². The number of unbranched alkanes of at least 4 members (excludes halogenated alkanes) is 2. The number of hydrogen-bond acceptors (Lipinski definition) is 4. The van der Waals surface area contributed by atoms with E-state index in [1.165, 1.54) is 6.07 Å². The zero-order valence-corrected chi connectivity index (χ0v) is 19.4. The van der Waals surface area contributed by atoms with Crippen LogP contribution in [0, 0.1) is 0 Å². The molecule has 3 rings (SSSR count). The van der Waals surface area contributed by atoms with E-state index in [9.17, 15) is 14.7 Å². The average molecular weight is 461 g/mol. The molecule has 1 atom stereocenters. The molecule has 1 aliphatic rings. The maximum absolute atomic E-state index is 13.0. The lowest BCUT2D eigenvalue weighted by atomic mass is 9.95. The van der Waals surface area contributed by atoms with Gasteiger partial charge >= 0.3 is 0 Å². The molecule has 5 nitrogen and oxygen atoms in total. The number of likely N-dealkylation sites (tertiary alicyclic amines) is 1. The number of halogens is 2. The van der Waals surface area contributed by atoms with Crippen LogP contribution < -0.4 is 4.90 Å². The minimum atomic E-state index is -0.693. The molecule has 1 aliphatic heterocycles. The summed E-state index contributed by atoms with van der Waals surface area (Å²) in [7, 11) is 3.88. The van der Waals surface area contributed by atoms with Gasteiger partial charge in [0.25, 0.3) is 11.7 Å². The zero-order valence-electron chi connectivity index (χ0n) is 17.9. The van der Waals surface area contributed by atoms with E-state index in [4.69, 9.17) is 23.2 Å². The van der Waals surface area contributed by atoms with Crippen molar-refractivity contribution in [3.8, 4) is 0 Å². The Morgan fingerprint density at radius 2 is 1.71 bits per heavy atom. The van der Waals surface area contributed by atoms with Crippen LogP contribution in [0.2, 0.25) is 10.0 Å². The molecule has 2 aromatic rings. The number of aliphatic hydroxyl groups excluding tert-OH is 1. The van der Waals surface area contributed by atoms with Gasteiger partial charge in [-0.05, 0) is 42.3 Å². The molecule has 164 valence electrons. The van der Waals surface area contributed by atoms with E-state index in [2.05, 4.69) is 6.92 Å². The number of benzene rings is 2. The van der Waals surface area contributed by atoms with E-state index in [1.807, 2.05) is 43.3 Å². The lowest BCUT2D eigenvalue weighted by Gasteiger charge is -2.26. The van der Waals surface area contributed by atoms with Crippen LogP contribution in [-0.2, 0) is 9.59 Å². The zero-order chi connectivity index (χ0) is 22.7. The molecule has 0 aliphatic carbocycles. The van der Waals surface area contributed by atoms with Crippen molar-refractivity contribution in [3.63, 3.8) is 0 Å². The molecule has 1 N–H and O–H groups in total. The van der Waals surface area contributed by atoms with Gasteiger partial charge in [0.05, 0.1) is 21.7 Å².